The van der Waals surface area contributed by atoms with Crippen LogP contribution in [0.1, 0.15) is 5.56 Å². The Kier molecular flexibility index (Phi) is 5.25. The zero-order valence-corrected chi connectivity index (χ0v) is 14.7. The predicted molar refractivity (Wildman–Crippen MR) is 97.9 cm³/mol. The van der Waals surface area contributed by atoms with Gasteiger partial charge in [-0.3, -0.25) is 13.9 Å². The monoisotopic (exact) mass is 391 g/mol. The van der Waals surface area contributed by atoms with E-state index in [1.807, 2.05) is 30.3 Å². The Labute approximate surface area is 157 Å². The van der Waals surface area contributed by atoms with E-state index in [0.717, 1.165) is 22.3 Å². The van der Waals surface area contributed by atoms with Crippen LogP contribution < -0.4 is 21.3 Å². The van der Waals surface area contributed by atoms with Crippen molar-refractivity contribution in [3.05, 3.63) is 87.1 Å². The Morgan fingerprint density at radius 2 is 1.64 bits per heavy atom. The van der Waals surface area contributed by atoms with E-state index >= 15 is 0 Å². The lowest BCUT2D eigenvalue weighted by Gasteiger charge is -2.16. The third-order valence-corrected chi connectivity index (χ3v) is 3.94. The van der Waals surface area contributed by atoms with E-state index in [1.54, 1.807) is 0 Å². The average molecular weight is 391 g/mol. The Bertz CT molecular complexity index is 1070. The molecule has 9 heteroatoms. The highest BCUT2D eigenvalue weighted by Crippen LogP contribution is 2.25. The minimum Gasteiger partial charge on any atom is -0.406 e. The summed E-state index contributed by atoms with van der Waals surface area (Å²) in [4.78, 5) is 24.6. The molecule has 1 aromatic heterocycles. The predicted octanol–water partition coefficient (Wildman–Crippen LogP) is 3.24. The Morgan fingerprint density at radius 3 is 2.25 bits per heavy atom. The van der Waals surface area contributed by atoms with Crippen molar-refractivity contribution in [1.82, 2.24) is 9.13 Å². The number of hydrogen-bond donors (Lipinski definition) is 1. The van der Waals surface area contributed by atoms with Gasteiger partial charge in [0.25, 0.3) is 5.56 Å². The smallest absolute Gasteiger partial charge is 0.406 e. The first-order chi connectivity index (χ1) is 13.2. The van der Waals surface area contributed by atoms with Gasteiger partial charge in [0.1, 0.15) is 11.6 Å². The van der Waals surface area contributed by atoms with E-state index in [-0.39, 0.29) is 18.1 Å². The molecule has 0 bridgehead atoms. The third kappa shape index (κ3) is 4.61. The average Bonchev–Trinajstić information content (AvgIpc) is 2.64. The number of aromatic nitrogens is 2. The van der Waals surface area contributed by atoms with Gasteiger partial charge in [0.05, 0.1) is 6.54 Å². The lowest BCUT2D eigenvalue weighted by atomic mass is 10.2. The summed E-state index contributed by atoms with van der Waals surface area (Å²) < 4.78 is 43.0. The fourth-order valence-corrected chi connectivity index (χ4v) is 2.58. The second-order valence-corrected chi connectivity index (χ2v) is 5.98. The molecule has 0 fully saturated rings. The molecule has 28 heavy (non-hydrogen) atoms. The van der Waals surface area contributed by atoms with E-state index in [4.69, 9.17) is 0 Å². The molecule has 0 aliphatic carbocycles. The SMILES string of the molecule is Cn1c(=O)cc(Nc2ccc(OC(F)(F)F)cc2)n(Cc2ccccc2)c1=O. The van der Waals surface area contributed by atoms with Gasteiger partial charge in [0, 0.05) is 18.8 Å². The molecule has 6 nitrogen and oxygen atoms in total. The molecule has 2 aromatic carbocycles. The standard InChI is InChI=1S/C19H16F3N3O3/c1-24-17(26)11-16(25(18(24)27)12-13-5-3-2-4-6-13)23-14-7-9-15(10-8-14)28-19(20,21)22/h2-11,23H,12H2,1H3. The summed E-state index contributed by atoms with van der Waals surface area (Å²) in [7, 11) is 1.37. The first-order valence-corrected chi connectivity index (χ1v) is 8.20. The molecule has 0 saturated carbocycles. The third-order valence-electron chi connectivity index (χ3n) is 3.94. The number of nitrogens with zero attached hydrogens (tertiary/aromatic N) is 2. The van der Waals surface area contributed by atoms with Crippen LogP contribution in [0, 0.1) is 0 Å². The lowest BCUT2D eigenvalue weighted by molar-refractivity contribution is -0.274. The summed E-state index contributed by atoms with van der Waals surface area (Å²) in [5, 5.41) is 2.90. The Balaban J connectivity index is 1.93. The van der Waals surface area contributed by atoms with Crippen LogP contribution in [-0.2, 0) is 13.6 Å². The topological polar surface area (TPSA) is 65.3 Å². The van der Waals surface area contributed by atoms with Crippen molar-refractivity contribution in [2.75, 3.05) is 5.32 Å². The first kappa shape index (κ1) is 19.3. The molecule has 1 heterocycles. The number of hydrogen-bond acceptors (Lipinski definition) is 4. The minimum atomic E-state index is -4.78. The van der Waals surface area contributed by atoms with Gasteiger partial charge >= 0.3 is 12.1 Å². The van der Waals surface area contributed by atoms with Crippen LogP contribution in [0.2, 0.25) is 0 Å². The van der Waals surface area contributed by atoms with Gasteiger partial charge in [-0.2, -0.15) is 0 Å². The largest absolute Gasteiger partial charge is 0.573 e. The molecule has 0 aliphatic heterocycles. The van der Waals surface area contributed by atoms with Crippen LogP contribution in [0.3, 0.4) is 0 Å². The normalized spacial score (nSPS) is 11.3. The van der Waals surface area contributed by atoms with E-state index < -0.39 is 17.6 Å². The summed E-state index contributed by atoms with van der Waals surface area (Å²) in [5.74, 6) is -0.148. The Hall–Kier alpha value is -3.49. The van der Waals surface area contributed by atoms with E-state index in [0.29, 0.717) is 5.69 Å². The quantitative estimate of drug-likeness (QED) is 0.725. The molecule has 0 saturated heterocycles. The molecule has 0 spiro atoms. The van der Waals surface area contributed by atoms with Crippen LogP contribution in [0.15, 0.2) is 70.3 Å². The van der Waals surface area contributed by atoms with E-state index in [1.165, 1.54) is 29.8 Å². The number of ether oxygens (including phenoxy) is 1. The van der Waals surface area contributed by atoms with Crippen LogP contribution in [0.25, 0.3) is 0 Å². The van der Waals surface area contributed by atoms with Crippen LogP contribution in [0.4, 0.5) is 24.7 Å². The summed E-state index contributed by atoms with van der Waals surface area (Å²) in [6.07, 6.45) is -4.78. The van der Waals surface area contributed by atoms with E-state index in [2.05, 4.69) is 10.1 Å². The highest BCUT2D eigenvalue weighted by atomic mass is 19.4. The highest BCUT2D eigenvalue weighted by Gasteiger charge is 2.30. The molecule has 3 rings (SSSR count). The van der Waals surface area contributed by atoms with E-state index in [9.17, 15) is 22.8 Å². The van der Waals surface area contributed by atoms with Crippen LogP contribution >= 0.6 is 0 Å². The highest BCUT2D eigenvalue weighted by molar-refractivity contribution is 5.57. The number of benzene rings is 2. The van der Waals surface area contributed by atoms with Gasteiger partial charge in [-0.1, -0.05) is 30.3 Å². The number of alkyl halides is 3. The fourth-order valence-electron chi connectivity index (χ4n) is 2.58. The second-order valence-electron chi connectivity index (χ2n) is 5.98. The maximum absolute atomic E-state index is 12.6. The summed E-state index contributed by atoms with van der Waals surface area (Å²) in [6.45, 7) is 0.214. The van der Waals surface area contributed by atoms with Gasteiger partial charge < -0.3 is 10.1 Å². The summed E-state index contributed by atoms with van der Waals surface area (Å²) in [6, 6.07) is 15.4. The molecule has 0 unspecified atom stereocenters. The maximum Gasteiger partial charge on any atom is 0.573 e. The van der Waals surface area contributed by atoms with Crippen molar-refractivity contribution in [3.8, 4) is 5.75 Å². The second kappa shape index (κ2) is 7.63. The van der Waals surface area contributed by atoms with Crippen molar-refractivity contribution in [2.24, 2.45) is 7.05 Å². The van der Waals surface area contributed by atoms with Crippen molar-refractivity contribution in [3.63, 3.8) is 0 Å². The van der Waals surface area contributed by atoms with Gasteiger partial charge in [-0.05, 0) is 29.8 Å². The van der Waals surface area contributed by atoms with Gasteiger partial charge in [0.15, 0.2) is 0 Å². The molecule has 1 N–H and O–H groups in total. The molecule has 0 atom stereocenters. The number of anilines is 2. The lowest BCUT2D eigenvalue weighted by Crippen LogP contribution is -2.38. The zero-order chi connectivity index (χ0) is 20.3. The van der Waals surface area contributed by atoms with Crippen LogP contribution in [0.5, 0.6) is 5.75 Å². The molecular formula is C19H16F3N3O3. The van der Waals surface area contributed by atoms with Gasteiger partial charge in [-0.25, -0.2) is 4.79 Å². The van der Waals surface area contributed by atoms with Gasteiger partial charge in [0.2, 0.25) is 0 Å². The summed E-state index contributed by atoms with van der Waals surface area (Å²) in [5.41, 5.74) is 0.217. The number of nitrogens with one attached hydrogen (secondary N) is 1. The molecule has 3 aromatic rings. The minimum absolute atomic E-state index is 0.214. The molecule has 146 valence electrons. The van der Waals surface area contributed by atoms with Crippen molar-refractivity contribution in [1.29, 1.82) is 0 Å². The zero-order valence-electron chi connectivity index (χ0n) is 14.7. The number of halogens is 3. The maximum atomic E-state index is 12.6. The van der Waals surface area contributed by atoms with Crippen LogP contribution in [-0.4, -0.2) is 15.5 Å². The summed E-state index contributed by atoms with van der Waals surface area (Å²) >= 11 is 0. The fraction of sp³-hybridized carbons (Fsp3) is 0.158. The molecular weight excluding hydrogens is 375 g/mol. The number of rotatable bonds is 5. The molecule has 0 amide bonds. The van der Waals surface area contributed by atoms with Gasteiger partial charge in [-0.15, -0.1) is 13.2 Å². The Morgan fingerprint density at radius 1 is 1.00 bits per heavy atom. The van der Waals surface area contributed by atoms with Crippen molar-refractivity contribution < 1.29 is 17.9 Å². The first-order valence-electron chi connectivity index (χ1n) is 8.20. The van der Waals surface area contributed by atoms with Crippen molar-refractivity contribution in [2.45, 2.75) is 12.9 Å². The van der Waals surface area contributed by atoms with Crippen molar-refractivity contribution >= 4 is 11.5 Å². The molecule has 0 aliphatic rings. The molecule has 0 radical (unpaired) electrons.